The van der Waals surface area contributed by atoms with Crippen LogP contribution < -0.4 is 10.6 Å². The Morgan fingerprint density at radius 3 is 2.71 bits per heavy atom. The van der Waals surface area contributed by atoms with Crippen LogP contribution in [0.4, 0.5) is 10.5 Å². The maximum atomic E-state index is 11.9. The minimum absolute atomic E-state index is 0.139. The van der Waals surface area contributed by atoms with Crippen LogP contribution >= 0.6 is 0 Å². The van der Waals surface area contributed by atoms with E-state index in [2.05, 4.69) is 54.0 Å². The molecule has 3 heteroatoms. The van der Waals surface area contributed by atoms with Gasteiger partial charge in [0.15, 0.2) is 0 Å². The Labute approximate surface area is 125 Å². The lowest BCUT2D eigenvalue weighted by Gasteiger charge is -2.13. The van der Waals surface area contributed by atoms with E-state index in [-0.39, 0.29) is 12.1 Å². The summed E-state index contributed by atoms with van der Waals surface area (Å²) in [5, 5.41) is 5.83. The van der Waals surface area contributed by atoms with E-state index in [0.717, 1.165) is 18.5 Å². The summed E-state index contributed by atoms with van der Waals surface area (Å²) < 4.78 is 0. The van der Waals surface area contributed by atoms with Crippen LogP contribution in [0, 0.1) is 0 Å². The van der Waals surface area contributed by atoms with Crippen molar-refractivity contribution in [1.82, 2.24) is 5.32 Å². The third-order valence-electron chi connectivity index (χ3n) is 4.04. The highest BCUT2D eigenvalue weighted by Gasteiger charge is 2.18. The van der Waals surface area contributed by atoms with Gasteiger partial charge in [0.05, 0.1) is 0 Å². The lowest BCUT2D eigenvalue weighted by atomic mass is 10.1. The minimum Gasteiger partial charge on any atom is -0.335 e. The first-order chi connectivity index (χ1) is 10.2. The maximum absolute atomic E-state index is 11.9. The normalized spacial score (nSPS) is 13.2. The number of urea groups is 1. The number of amides is 2. The molecule has 0 spiro atoms. The first-order valence-corrected chi connectivity index (χ1v) is 7.46. The second-order valence-electron chi connectivity index (χ2n) is 5.61. The van der Waals surface area contributed by atoms with Gasteiger partial charge in [0.1, 0.15) is 0 Å². The van der Waals surface area contributed by atoms with Gasteiger partial charge in [-0.1, -0.05) is 37.3 Å². The third kappa shape index (κ3) is 2.77. The van der Waals surface area contributed by atoms with Crippen molar-refractivity contribution in [2.75, 3.05) is 5.32 Å². The van der Waals surface area contributed by atoms with E-state index in [1.54, 1.807) is 0 Å². The molecule has 0 bridgehead atoms. The van der Waals surface area contributed by atoms with Crippen LogP contribution in [0.1, 0.15) is 31.4 Å². The van der Waals surface area contributed by atoms with Crippen LogP contribution in [-0.4, -0.2) is 12.1 Å². The smallest absolute Gasteiger partial charge is 0.319 e. The molecule has 0 heterocycles. The monoisotopic (exact) mass is 280 g/mol. The fourth-order valence-corrected chi connectivity index (χ4v) is 2.72. The number of rotatable bonds is 3. The Morgan fingerprint density at radius 2 is 1.90 bits per heavy atom. The Kier molecular flexibility index (Phi) is 3.65. The first kappa shape index (κ1) is 13.7. The van der Waals surface area contributed by atoms with Gasteiger partial charge in [-0.25, -0.2) is 4.79 Å². The lowest BCUT2D eigenvalue weighted by Crippen LogP contribution is -2.35. The van der Waals surface area contributed by atoms with Crippen LogP contribution in [-0.2, 0) is 6.42 Å². The molecule has 1 aliphatic carbocycles. The van der Waals surface area contributed by atoms with Gasteiger partial charge in [-0.2, -0.15) is 0 Å². The van der Waals surface area contributed by atoms with Crippen molar-refractivity contribution >= 4 is 11.7 Å². The molecule has 0 radical (unpaired) electrons. The number of nitrogens with one attached hydrogen (secondary N) is 2. The van der Waals surface area contributed by atoms with E-state index in [1.807, 2.05) is 13.0 Å². The molecule has 0 fully saturated rings. The topological polar surface area (TPSA) is 41.1 Å². The van der Waals surface area contributed by atoms with Gasteiger partial charge in [-0.3, -0.25) is 0 Å². The fourth-order valence-electron chi connectivity index (χ4n) is 2.72. The molecule has 1 aliphatic rings. The molecule has 2 N–H and O–H groups in total. The summed E-state index contributed by atoms with van der Waals surface area (Å²) in [6.45, 7) is 4.05. The zero-order chi connectivity index (χ0) is 14.8. The summed E-state index contributed by atoms with van der Waals surface area (Å²) >= 11 is 0. The highest BCUT2D eigenvalue weighted by atomic mass is 16.2. The van der Waals surface area contributed by atoms with Crippen LogP contribution in [0.2, 0.25) is 0 Å². The average Bonchev–Trinajstić information content (AvgIpc) is 2.84. The van der Waals surface area contributed by atoms with Gasteiger partial charge in [0.2, 0.25) is 0 Å². The van der Waals surface area contributed by atoms with E-state index in [1.165, 1.54) is 22.3 Å². The molecular weight excluding hydrogens is 260 g/mol. The van der Waals surface area contributed by atoms with E-state index in [4.69, 9.17) is 0 Å². The van der Waals surface area contributed by atoms with Crippen molar-refractivity contribution in [2.45, 2.75) is 32.7 Å². The predicted octanol–water partition coefficient (Wildman–Crippen LogP) is 4.18. The molecule has 0 aromatic heterocycles. The summed E-state index contributed by atoms with van der Waals surface area (Å²) in [5.41, 5.74) is 6.06. The molecule has 3 nitrogen and oxygen atoms in total. The first-order valence-electron chi connectivity index (χ1n) is 7.46. The van der Waals surface area contributed by atoms with E-state index in [9.17, 15) is 4.79 Å². The van der Waals surface area contributed by atoms with Gasteiger partial charge < -0.3 is 10.6 Å². The maximum Gasteiger partial charge on any atom is 0.319 e. The molecule has 1 unspecified atom stereocenters. The molecular formula is C18H20N2O. The highest BCUT2D eigenvalue weighted by Crippen LogP contribution is 2.37. The lowest BCUT2D eigenvalue weighted by molar-refractivity contribution is 0.249. The van der Waals surface area contributed by atoms with Crippen LogP contribution in [0.15, 0.2) is 42.5 Å². The number of hydrogen-bond acceptors (Lipinski definition) is 1. The zero-order valence-electron chi connectivity index (χ0n) is 12.4. The molecule has 0 saturated heterocycles. The van der Waals surface area contributed by atoms with Crippen molar-refractivity contribution in [1.29, 1.82) is 0 Å². The number of anilines is 1. The molecule has 1 atom stereocenters. The molecule has 2 aromatic carbocycles. The molecule has 108 valence electrons. The Morgan fingerprint density at radius 1 is 1.14 bits per heavy atom. The summed E-state index contributed by atoms with van der Waals surface area (Å²) in [4.78, 5) is 11.9. The van der Waals surface area contributed by atoms with Gasteiger partial charge >= 0.3 is 6.03 Å². The highest BCUT2D eigenvalue weighted by molar-refractivity contribution is 5.90. The predicted molar refractivity (Wildman–Crippen MR) is 86.6 cm³/mol. The van der Waals surface area contributed by atoms with E-state index < -0.39 is 0 Å². The Bertz CT molecular complexity index is 679. The van der Waals surface area contributed by atoms with E-state index >= 15 is 0 Å². The number of carbonyl (C=O) groups is 1. The Hall–Kier alpha value is -2.29. The van der Waals surface area contributed by atoms with Crippen molar-refractivity contribution in [3.05, 3.63) is 53.6 Å². The van der Waals surface area contributed by atoms with Crippen molar-refractivity contribution in [3.63, 3.8) is 0 Å². The van der Waals surface area contributed by atoms with Crippen molar-refractivity contribution < 1.29 is 4.79 Å². The van der Waals surface area contributed by atoms with E-state index in [0.29, 0.717) is 0 Å². The summed E-state index contributed by atoms with van der Waals surface area (Å²) in [6, 6.07) is 14.6. The second-order valence-corrected chi connectivity index (χ2v) is 5.61. The zero-order valence-corrected chi connectivity index (χ0v) is 12.4. The van der Waals surface area contributed by atoms with Crippen molar-refractivity contribution in [2.24, 2.45) is 0 Å². The van der Waals surface area contributed by atoms with Gasteiger partial charge in [0.25, 0.3) is 0 Å². The number of carbonyl (C=O) groups excluding carboxylic acids is 1. The SMILES string of the molecule is CCC(C)NC(=O)Nc1ccc2c(c1)Cc1ccccc1-2. The van der Waals surface area contributed by atoms with Crippen LogP contribution in [0.3, 0.4) is 0 Å². The van der Waals surface area contributed by atoms with Crippen LogP contribution in [0.25, 0.3) is 11.1 Å². The molecule has 2 amide bonds. The second kappa shape index (κ2) is 5.60. The standard InChI is InChI=1S/C18H20N2O/c1-3-12(2)19-18(21)20-15-8-9-17-14(11-15)10-13-6-4-5-7-16(13)17/h4-9,11-12H,3,10H2,1-2H3,(H2,19,20,21). The Balaban J connectivity index is 1.77. The quantitative estimate of drug-likeness (QED) is 0.742. The average molecular weight is 280 g/mol. The third-order valence-corrected chi connectivity index (χ3v) is 4.04. The molecule has 0 aliphatic heterocycles. The largest absolute Gasteiger partial charge is 0.335 e. The molecule has 0 saturated carbocycles. The van der Waals surface area contributed by atoms with Gasteiger partial charge in [-0.05, 0) is 54.2 Å². The summed E-state index contributed by atoms with van der Waals surface area (Å²) in [6.07, 6.45) is 1.86. The van der Waals surface area contributed by atoms with Crippen LogP contribution in [0.5, 0.6) is 0 Å². The minimum atomic E-state index is -0.139. The molecule has 3 rings (SSSR count). The molecule has 21 heavy (non-hydrogen) atoms. The van der Waals surface area contributed by atoms with Gasteiger partial charge in [0, 0.05) is 11.7 Å². The number of hydrogen-bond donors (Lipinski definition) is 2. The fraction of sp³-hybridized carbons (Fsp3) is 0.278. The van der Waals surface area contributed by atoms with Crippen molar-refractivity contribution in [3.8, 4) is 11.1 Å². The summed E-state index contributed by atoms with van der Waals surface area (Å²) in [5.74, 6) is 0. The number of fused-ring (bicyclic) bond motifs is 3. The summed E-state index contributed by atoms with van der Waals surface area (Å²) in [7, 11) is 0. The number of benzene rings is 2. The van der Waals surface area contributed by atoms with Gasteiger partial charge in [-0.15, -0.1) is 0 Å². The molecule has 2 aromatic rings.